The molecule has 0 saturated heterocycles. The number of hydrogen-bond donors (Lipinski definition) is 0. The third-order valence-corrected chi connectivity index (χ3v) is 6.58. The van der Waals surface area contributed by atoms with Gasteiger partial charge in [-0.2, -0.15) is 0 Å². The van der Waals surface area contributed by atoms with Gasteiger partial charge in [-0.25, -0.2) is 4.79 Å². The normalized spacial score (nSPS) is 11.2. The van der Waals surface area contributed by atoms with Crippen LogP contribution in [0, 0.1) is 0 Å². The lowest BCUT2D eigenvalue weighted by Crippen LogP contribution is -2.43. The predicted octanol–water partition coefficient (Wildman–Crippen LogP) is 3.78. The molecule has 38 heavy (non-hydrogen) atoms. The second kappa shape index (κ2) is 12.3. The molecular weight excluding hydrogens is 480 g/mol. The molecule has 0 spiro atoms. The zero-order chi connectivity index (χ0) is 27.1. The summed E-state index contributed by atoms with van der Waals surface area (Å²) in [6.45, 7) is 11.0. The van der Waals surface area contributed by atoms with Gasteiger partial charge in [-0.05, 0) is 25.7 Å². The van der Waals surface area contributed by atoms with Crippen molar-refractivity contribution in [3.63, 3.8) is 0 Å². The summed E-state index contributed by atoms with van der Waals surface area (Å²) in [6, 6.07) is 11.5. The Balaban J connectivity index is 1.68. The lowest BCUT2D eigenvalue weighted by atomic mass is 10.1. The number of allylic oxidation sites excluding steroid dienone is 2. The summed E-state index contributed by atoms with van der Waals surface area (Å²) in [5.74, 6) is 0. The maximum atomic E-state index is 13.3. The Hall–Kier alpha value is -4.27. The van der Waals surface area contributed by atoms with Gasteiger partial charge in [0.2, 0.25) is 0 Å². The van der Waals surface area contributed by atoms with Crippen molar-refractivity contribution in [3.05, 3.63) is 105 Å². The van der Waals surface area contributed by atoms with Gasteiger partial charge in [0.15, 0.2) is 5.43 Å². The van der Waals surface area contributed by atoms with Gasteiger partial charge in [-0.1, -0.05) is 61.0 Å². The van der Waals surface area contributed by atoms with E-state index in [0.29, 0.717) is 25.2 Å². The second-order valence-corrected chi connectivity index (χ2v) is 9.28. The van der Waals surface area contributed by atoms with Crippen molar-refractivity contribution in [3.8, 4) is 11.3 Å². The molecule has 0 atom stereocenters. The first kappa shape index (κ1) is 26.8. The number of nitrogens with zero attached hydrogens (tertiary/aromatic N) is 6. The third kappa shape index (κ3) is 5.51. The molecule has 0 amide bonds. The lowest BCUT2D eigenvalue weighted by Gasteiger charge is -2.20. The van der Waals surface area contributed by atoms with Crippen LogP contribution in [0.2, 0.25) is 0 Å². The molecule has 9 nitrogen and oxygen atoms in total. The van der Waals surface area contributed by atoms with Gasteiger partial charge in [0.1, 0.15) is 16.7 Å². The van der Waals surface area contributed by atoms with Gasteiger partial charge in [0.25, 0.3) is 5.56 Å². The summed E-state index contributed by atoms with van der Waals surface area (Å²) >= 11 is 0. The first-order valence-electron chi connectivity index (χ1n) is 13.1. The molecule has 0 bridgehead atoms. The summed E-state index contributed by atoms with van der Waals surface area (Å²) in [6.07, 6.45) is 9.12. The molecule has 1 aromatic carbocycles. The van der Waals surface area contributed by atoms with Crippen molar-refractivity contribution >= 4 is 11.0 Å². The van der Waals surface area contributed by atoms with Crippen LogP contribution in [0.5, 0.6) is 0 Å². The van der Waals surface area contributed by atoms with E-state index in [1.165, 1.54) is 10.6 Å². The minimum absolute atomic E-state index is 0.0253. The second-order valence-electron chi connectivity index (χ2n) is 9.28. The molecule has 3 aromatic heterocycles. The number of rotatable bonds is 13. The van der Waals surface area contributed by atoms with E-state index in [0.717, 1.165) is 47.2 Å². The Morgan fingerprint density at radius 3 is 2.32 bits per heavy atom. The Bertz CT molecular complexity index is 1610. The van der Waals surface area contributed by atoms with E-state index < -0.39 is 11.2 Å². The van der Waals surface area contributed by atoms with Gasteiger partial charge in [-0.3, -0.25) is 23.4 Å². The van der Waals surface area contributed by atoms with Gasteiger partial charge >= 0.3 is 5.69 Å². The van der Waals surface area contributed by atoms with Crippen molar-refractivity contribution in [2.24, 2.45) is 0 Å². The van der Waals surface area contributed by atoms with E-state index in [9.17, 15) is 14.4 Å². The van der Waals surface area contributed by atoms with Crippen molar-refractivity contribution in [1.29, 1.82) is 0 Å². The number of unbranched alkanes of at least 4 members (excludes halogenated alkanes) is 2. The fourth-order valence-corrected chi connectivity index (χ4v) is 4.71. The van der Waals surface area contributed by atoms with Crippen LogP contribution in [-0.2, 0) is 32.6 Å². The molecule has 0 aliphatic heterocycles. The predicted molar refractivity (Wildman–Crippen MR) is 150 cm³/mol. The van der Waals surface area contributed by atoms with Gasteiger partial charge in [0, 0.05) is 43.5 Å². The maximum absolute atomic E-state index is 13.3. The van der Waals surface area contributed by atoms with Gasteiger partial charge < -0.3 is 4.57 Å². The monoisotopic (exact) mass is 514 g/mol. The van der Waals surface area contributed by atoms with Crippen molar-refractivity contribution in [1.82, 2.24) is 28.7 Å². The van der Waals surface area contributed by atoms with E-state index >= 15 is 0 Å². The molecule has 3 heterocycles. The molecule has 9 heteroatoms. The van der Waals surface area contributed by atoms with E-state index in [4.69, 9.17) is 0 Å². The number of hydrogen-bond acceptors (Lipinski definition) is 5. The summed E-state index contributed by atoms with van der Waals surface area (Å²) < 4.78 is 6.35. The lowest BCUT2D eigenvalue weighted by molar-refractivity contribution is 0.503. The van der Waals surface area contributed by atoms with E-state index in [1.807, 2.05) is 45.8 Å². The summed E-state index contributed by atoms with van der Waals surface area (Å²) in [5.41, 5.74) is 1.62. The van der Waals surface area contributed by atoms with Gasteiger partial charge in [0.05, 0.1) is 6.20 Å². The van der Waals surface area contributed by atoms with Crippen LogP contribution < -0.4 is 16.7 Å². The van der Waals surface area contributed by atoms with Crippen molar-refractivity contribution < 1.29 is 0 Å². The largest absolute Gasteiger partial charge is 0.333 e. The quantitative estimate of drug-likeness (QED) is 0.200. The summed E-state index contributed by atoms with van der Waals surface area (Å²) in [4.78, 5) is 39.8. The highest BCUT2D eigenvalue weighted by molar-refractivity contribution is 5.75. The molecule has 4 rings (SSSR count). The fourth-order valence-electron chi connectivity index (χ4n) is 4.71. The molecular formula is C29H34N6O3. The average molecular weight is 515 g/mol. The Labute approximate surface area is 221 Å². The third-order valence-electron chi connectivity index (χ3n) is 6.58. The molecule has 198 valence electrons. The first-order valence-corrected chi connectivity index (χ1v) is 13.1. The Morgan fingerprint density at radius 2 is 1.61 bits per heavy atom. The van der Waals surface area contributed by atoms with Crippen LogP contribution in [0.25, 0.3) is 22.3 Å². The minimum atomic E-state index is -0.581. The van der Waals surface area contributed by atoms with Crippen molar-refractivity contribution in [2.45, 2.75) is 65.2 Å². The number of benzene rings is 1. The highest BCUT2D eigenvalue weighted by Crippen LogP contribution is 2.16. The molecule has 0 unspecified atom stereocenters. The molecule has 0 aliphatic carbocycles. The standard InChI is InChI=1S/C29H34N6O3/c1-4-7-15-23-20-25(36)26-27(34(16-5-2)29(38)35(17-6-3)28(26)37)33(23)19-12-11-18-32-21-24(30-31-32)22-13-9-8-10-14-22/h5-6,8-10,13-14,20-21H,2-4,7,11-12,15-19H2,1H3. The van der Waals surface area contributed by atoms with Crippen LogP contribution in [0.3, 0.4) is 0 Å². The number of pyridine rings is 1. The van der Waals surface area contributed by atoms with Crippen LogP contribution in [0.15, 0.2) is 82.3 Å². The highest BCUT2D eigenvalue weighted by atomic mass is 16.2. The van der Waals surface area contributed by atoms with Crippen LogP contribution in [-0.4, -0.2) is 28.7 Å². The zero-order valence-electron chi connectivity index (χ0n) is 21.9. The SMILES string of the molecule is C=CCn1c(=O)c2c(=O)cc(CCCC)n(CCCCn3cc(-c4ccccc4)nn3)c2n(CC=C)c1=O. The van der Waals surface area contributed by atoms with Crippen molar-refractivity contribution in [2.75, 3.05) is 0 Å². The number of aromatic nitrogens is 6. The van der Waals surface area contributed by atoms with Crippen LogP contribution in [0.1, 0.15) is 38.3 Å². The first-order chi connectivity index (χ1) is 18.5. The fraction of sp³-hybridized carbons (Fsp3) is 0.345. The number of fused-ring (bicyclic) bond motifs is 1. The van der Waals surface area contributed by atoms with Crippen LogP contribution in [0.4, 0.5) is 0 Å². The molecule has 0 aliphatic rings. The smallest absolute Gasteiger partial charge is 0.331 e. The summed E-state index contributed by atoms with van der Waals surface area (Å²) in [5, 5.41) is 8.56. The molecule has 0 saturated carbocycles. The van der Waals surface area contributed by atoms with Crippen LogP contribution >= 0.6 is 0 Å². The maximum Gasteiger partial charge on any atom is 0.333 e. The summed E-state index contributed by atoms with van der Waals surface area (Å²) in [7, 11) is 0. The zero-order valence-corrected chi connectivity index (χ0v) is 21.9. The molecule has 0 N–H and O–H groups in total. The van der Waals surface area contributed by atoms with E-state index in [-0.39, 0.29) is 23.9 Å². The van der Waals surface area contributed by atoms with E-state index in [1.54, 1.807) is 12.1 Å². The minimum Gasteiger partial charge on any atom is -0.331 e. The highest BCUT2D eigenvalue weighted by Gasteiger charge is 2.19. The van der Waals surface area contributed by atoms with E-state index in [2.05, 4.69) is 30.4 Å². The van der Waals surface area contributed by atoms with Gasteiger partial charge in [-0.15, -0.1) is 18.3 Å². The Morgan fingerprint density at radius 1 is 0.895 bits per heavy atom. The molecule has 0 fully saturated rings. The molecule has 4 aromatic rings. The molecule has 0 radical (unpaired) electrons. The topological polar surface area (TPSA) is 96.7 Å². The average Bonchev–Trinajstić information content (AvgIpc) is 3.40. The number of aryl methyl sites for hydroxylation is 3. The Kier molecular flexibility index (Phi) is 8.68.